The van der Waals surface area contributed by atoms with Crippen molar-refractivity contribution in [2.75, 3.05) is 5.75 Å². The smallest absolute Gasteiger partial charge is 0.265 e. The Bertz CT molecular complexity index is 448. The van der Waals surface area contributed by atoms with Crippen molar-refractivity contribution < 1.29 is 18.1 Å². The molecular formula is C10H14O4S. The van der Waals surface area contributed by atoms with Crippen LogP contribution in [0.2, 0.25) is 0 Å². The molecule has 0 radical (unpaired) electrons. The van der Waals surface area contributed by atoms with Crippen molar-refractivity contribution in [2.24, 2.45) is 0 Å². The molecule has 1 aromatic carbocycles. The third-order valence-electron chi connectivity index (χ3n) is 2.18. The van der Waals surface area contributed by atoms with Crippen LogP contribution in [0.25, 0.3) is 0 Å². The Hall–Kier alpha value is -1.07. The van der Waals surface area contributed by atoms with Crippen molar-refractivity contribution in [2.45, 2.75) is 19.3 Å². The number of rotatable bonds is 3. The van der Waals surface area contributed by atoms with Gasteiger partial charge < -0.3 is 5.11 Å². The molecule has 0 spiro atoms. The van der Waals surface area contributed by atoms with Crippen LogP contribution in [0.5, 0.6) is 5.75 Å². The van der Waals surface area contributed by atoms with Crippen molar-refractivity contribution in [1.82, 2.24) is 0 Å². The van der Waals surface area contributed by atoms with Gasteiger partial charge in [-0.15, -0.1) is 0 Å². The van der Waals surface area contributed by atoms with Crippen LogP contribution >= 0.6 is 0 Å². The van der Waals surface area contributed by atoms with Crippen LogP contribution in [0.3, 0.4) is 0 Å². The number of para-hydroxylation sites is 1. The molecule has 0 heterocycles. The minimum absolute atomic E-state index is 0.0335. The number of phenolic OH excluding ortho intramolecular Hbond substituents is 1. The monoisotopic (exact) mass is 230 g/mol. The van der Waals surface area contributed by atoms with Gasteiger partial charge in [-0.1, -0.05) is 32.0 Å². The lowest BCUT2D eigenvalue weighted by Crippen LogP contribution is -2.27. The normalized spacial score (nSPS) is 12.7. The molecule has 1 aromatic rings. The quantitative estimate of drug-likeness (QED) is 0.773. The summed E-state index contributed by atoms with van der Waals surface area (Å²) in [6, 6.07) is 6.49. The Morgan fingerprint density at radius 2 is 1.80 bits per heavy atom. The van der Waals surface area contributed by atoms with E-state index in [1.54, 1.807) is 32.0 Å². The zero-order valence-corrected chi connectivity index (χ0v) is 9.45. The molecule has 0 aliphatic heterocycles. The van der Waals surface area contributed by atoms with Crippen LogP contribution in [0.15, 0.2) is 24.3 Å². The van der Waals surface area contributed by atoms with E-state index in [0.29, 0.717) is 5.56 Å². The van der Waals surface area contributed by atoms with Crippen LogP contribution < -0.4 is 0 Å². The average molecular weight is 230 g/mol. The summed E-state index contributed by atoms with van der Waals surface area (Å²) in [7, 11) is -4.06. The van der Waals surface area contributed by atoms with E-state index in [1.165, 1.54) is 6.07 Å². The van der Waals surface area contributed by atoms with Crippen molar-refractivity contribution in [3.63, 3.8) is 0 Å². The molecular weight excluding hydrogens is 216 g/mol. The van der Waals surface area contributed by atoms with Crippen LogP contribution in [0.4, 0.5) is 0 Å². The first kappa shape index (κ1) is 12.0. The number of benzene rings is 1. The van der Waals surface area contributed by atoms with Crippen LogP contribution in [0.1, 0.15) is 19.4 Å². The molecule has 84 valence electrons. The van der Waals surface area contributed by atoms with Crippen molar-refractivity contribution in [1.29, 1.82) is 0 Å². The third kappa shape index (κ3) is 3.21. The fourth-order valence-corrected chi connectivity index (χ4v) is 2.65. The first-order valence-electron chi connectivity index (χ1n) is 4.46. The van der Waals surface area contributed by atoms with E-state index < -0.39 is 21.3 Å². The zero-order chi connectivity index (χ0) is 11.7. The van der Waals surface area contributed by atoms with Gasteiger partial charge in [0.15, 0.2) is 0 Å². The Kier molecular flexibility index (Phi) is 3.06. The molecule has 0 unspecified atom stereocenters. The minimum Gasteiger partial charge on any atom is -0.508 e. The average Bonchev–Trinajstić information content (AvgIpc) is 1.99. The van der Waals surface area contributed by atoms with E-state index in [1.807, 2.05) is 0 Å². The summed E-state index contributed by atoms with van der Waals surface area (Å²) in [5, 5.41) is 9.57. The van der Waals surface area contributed by atoms with Gasteiger partial charge in [0.2, 0.25) is 0 Å². The maximum absolute atomic E-state index is 10.8. The topological polar surface area (TPSA) is 74.6 Å². The standard InChI is InChI=1S/C10H14O4S/c1-10(2,7-15(12,13)14)8-5-3-4-6-9(8)11/h3-6,11H,7H2,1-2H3,(H,12,13,14). The third-order valence-corrected chi connectivity index (χ3v) is 3.26. The molecule has 0 fully saturated rings. The van der Waals surface area contributed by atoms with Gasteiger partial charge in [0.05, 0.1) is 5.75 Å². The van der Waals surface area contributed by atoms with Gasteiger partial charge in [-0.25, -0.2) is 0 Å². The molecule has 15 heavy (non-hydrogen) atoms. The second kappa shape index (κ2) is 3.83. The number of aromatic hydroxyl groups is 1. The molecule has 0 aromatic heterocycles. The molecule has 0 bridgehead atoms. The van der Waals surface area contributed by atoms with Gasteiger partial charge in [-0.05, 0) is 6.07 Å². The molecule has 4 nitrogen and oxygen atoms in total. The minimum atomic E-state index is -4.06. The molecule has 0 atom stereocenters. The van der Waals surface area contributed by atoms with Gasteiger partial charge in [0, 0.05) is 11.0 Å². The molecule has 0 aliphatic rings. The maximum Gasteiger partial charge on any atom is 0.265 e. The number of hydrogen-bond acceptors (Lipinski definition) is 3. The van der Waals surface area contributed by atoms with Gasteiger partial charge in [-0.3, -0.25) is 4.55 Å². The Labute approximate surface area is 89.3 Å². The summed E-state index contributed by atoms with van der Waals surface area (Å²) >= 11 is 0. The fraction of sp³-hybridized carbons (Fsp3) is 0.400. The molecule has 0 saturated carbocycles. The Morgan fingerprint density at radius 1 is 1.27 bits per heavy atom. The molecule has 0 amide bonds. The lowest BCUT2D eigenvalue weighted by molar-refractivity contribution is 0.434. The molecule has 0 aliphatic carbocycles. The van der Waals surface area contributed by atoms with Crippen LogP contribution in [-0.2, 0) is 15.5 Å². The highest BCUT2D eigenvalue weighted by molar-refractivity contribution is 7.85. The van der Waals surface area contributed by atoms with Crippen molar-refractivity contribution >= 4 is 10.1 Å². The number of hydrogen-bond donors (Lipinski definition) is 2. The van der Waals surface area contributed by atoms with Crippen LogP contribution in [0, 0.1) is 0 Å². The summed E-state index contributed by atoms with van der Waals surface area (Å²) < 4.78 is 30.4. The van der Waals surface area contributed by atoms with Crippen molar-refractivity contribution in [3.8, 4) is 5.75 Å². The van der Waals surface area contributed by atoms with Crippen molar-refractivity contribution in [3.05, 3.63) is 29.8 Å². The zero-order valence-electron chi connectivity index (χ0n) is 8.64. The Morgan fingerprint density at radius 3 is 2.27 bits per heavy atom. The highest BCUT2D eigenvalue weighted by Gasteiger charge is 2.28. The van der Waals surface area contributed by atoms with E-state index in [9.17, 15) is 13.5 Å². The van der Waals surface area contributed by atoms with Gasteiger partial charge >= 0.3 is 0 Å². The number of phenols is 1. The SMILES string of the molecule is CC(C)(CS(=O)(=O)O)c1ccccc1O. The highest BCUT2D eigenvalue weighted by atomic mass is 32.2. The summed E-state index contributed by atoms with van der Waals surface area (Å²) in [6.07, 6.45) is 0. The largest absolute Gasteiger partial charge is 0.508 e. The molecule has 1 rings (SSSR count). The van der Waals surface area contributed by atoms with E-state index >= 15 is 0 Å². The molecule has 0 saturated heterocycles. The lowest BCUT2D eigenvalue weighted by Gasteiger charge is -2.24. The maximum atomic E-state index is 10.8. The first-order chi connectivity index (χ1) is 6.72. The summed E-state index contributed by atoms with van der Waals surface area (Å²) in [5.41, 5.74) is -0.318. The van der Waals surface area contributed by atoms with Gasteiger partial charge in [0.25, 0.3) is 10.1 Å². The van der Waals surface area contributed by atoms with Gasteiger partial charge in [-0.2, -0.15) is 8.42 Å². The lowest BCUT2D eigenvalue weighted by atomic mass is 9.86. The van der Waals surface area contributed by atoms with Gasteiger partial charge in [0.1, 0.15) is 5.75 Å². The summed E-state index contributed by atoms with van der Waals surface area (Å²) in [4.78, 5) is 0. The second-order valence-corrected chi connectivity index (χ2v) is 5.58. The van der Waals surface area contributed by atoms with Crippen LogP contribution in [-0.4, -0.2) is 23.8 Å². The highest BCUT2D eigenvalue weighted by Crippen LogP contribution is 2.31. The summed E-state index contributed by atoms with van der Waals surface area (Å²) in [6.45, 7) is 3.30. The first-order valence-corrected chi connectivity index (χ1v) is 6.07. The van der Waals surface area contributed by atoms with E-state index in [0.717, 1.165) is 0 Å². The van der Waals surface area contributed by atoms with E-state index in [-0.39, 0.29) is 5.75 Å². The predicted molar refractivity (Wildman–Crippen MR) is 57.5 cm³/mol. The molecule has 5 heteroatoms. The summed E-state index contributed by atoms with van der Waals surface area (Å²) in [5.74, 6) is -0.386. The molecule has 2 N–H and O–H groups in total. The fourth-order valence-electron chi connectivity index (χ4n) is 1.58. The second-order valence-electron chi connectivity index (χ2n) is 4.13. The van der Waals surface area contributed by atoms with E-state index in [4.69, 9.17) is 4.55 Å². The Balaban J connectivity index is 3.12. The van der Waals surface area contributed by atoms with E-state index in [2.05, 4.69) is 0 Å². The predicted octanol–water partition coefficient (Wildman–Crippen LogP) is 1.56.